The average Bonchev–Trinajstić information content (AvgIpc) is 3.36. The summed E-state index contributed by atoms with van der Waals surface area (Å²) in [6.45, 7) is 1.76. The van der Waals surface area contributed by atoms with E-state index in [4.69, 9.17) is 21.3 Å². The van der Waals surface area contributed by atoms with Gasteiger partial charge in [0.25, 0.3) is 5.91 Å². The molecule has 4 aromatic rings. The van der Waals surface area contributed by atoms with E-state index >= 15 is 0 Å². The number of rotatable bonds is 5. The lowest BCUT2D eigenvalue weighted by atomic mass is 10.2. The summed E-state index contributed by atoms with van der Waals surface area (Å²) in [5, 5.41) is 3.60. The van der Waals surface area contributed by atoms with Gasteiger partial charge in [0.15, 0.2) is 11.5 Å². The van der Waals surface area contributed by atoms with Crippen LogP contribution < -0.4 is 15.0 Å². The molecule has 1 aliphatic rings. The van der Waals surface area contributed by atoms with Gasteiger partial charge in [-0.05, 0) is 73.5 Å². The molecule has 0 spiro atoms. The van der Waals surface area contributed by atoms with Crippen molar-refractivity contribution in [3.63, 3.8) is 0 Å². The highest BCUT2D eigenvalue weighted by Gasteiger charge is 2.23. The maximum atomic E-state index is 13.2. The van der Waals surface area contributed by atoms with Gasteiger partial charge in [0.1, 0.15) is 11.5 Å². The van der Waals surface area contributed by atoms with Crippen molar-refractivity contribution in [2.45, 2.75) is 12.8 Å². The highest BCUT2D eigenvalue weighted by atomic mass is 35.5. The third-order valence-electron chi connectivity index (χ3n) is 5.33. The molecule has 1 fully saturated rings. The number of anilines is 2. The third kappa shape index (κ3) is 4.36. The van der Waals surface area contributed by atoms with Gasteiger partial charge < -0.3 is 15.0 Å². The van der Waals surface area contributed by atoms with Gasteiger partial charge in [0.05, 0.1) is 11.0 Å². The van der Waals surface area contributed by atoms with Gasteiger partial charge >= 0.3 is 0 Å². The molecule has 1 aromatic heterocycles. The van der Waals surface area contributed by atoms with Crippen molar-refractivity contribution in [2.24, 2.45) is 0 Å². The zero-order chi connectivity index (χ0) is 21.9. The summed E-state index contributed by atoms with van der Waals surface area (Å²) in [7, 11) is 0. The van der Waals surface area contributed by atoms with Crippen LogP contribution in [0.15, 0.2) is 72.8 Å². The van der Waals surface area contributed by atoms with Crippen LogP contribution >= 0.6 is 11.6 Å². The van der Waals surface area contributed by atoms with Crippen molar-refractivity contribution in [1.29, 1.82) is 0 Å². The number of carbonyl (C=O) groups is 1. The monoisotopic (exact) mass is 444 g/mol. The fourth-order valence-electron chi connectivity index (χ4n) is 3.73. The molecule has 1 aliphatic heterocycles. The fourth-order valence-corrected chi connectivity index (χ4v) is 3.85. The molecule has 0 atom stereocenters. The molecule has 32 heavy (non-hydrogen) atoms. The second-order valence-electron chi connectivity index (χ2n) is 7.61. The van der Waals surface area contributed by atoms with Gasteiger partial charge in [-0.3, -0.25) is 4.79 Å². The number of hydrogen-bond donors (Lipinski definition) is 1. The largest absolute Gasteiger partial charge is 0.457 e. The number of hydrogen-bond acceptors (Lipinski definition) is 5. The standard InChI is InChI=1S/C25H21ClN4O2/c26-17-7-11-19(12-8-17)32-20-13-9-18(10-14-20)27-25(31)23-24(30-15-3-4-16-30)29-22-6-2-1-5-21(22)28-23/h1-2,5-14H,3-4,15-16H2,(H,27,31). The van der Waals surface area contributed by atoms with E-state index in [2.05, 4.69) is 15.2 Å². The van der Waals surface area contributed by atoms with Crippen LogP contribution in [0, 0.1) is 0 Å². The number of fused-ring (bicyclic) bond motifs is 1. The average molecular weight is 445 g/mol. The Labute approximate surface area is 190 Å². The van der Waals surface area contributed by atoms with Crippen molar-refractivity contribution >= 4 is 40.0 Å². The zero-order valence-electron chi connectivity index (χ0n) is 17.3. The van der Waals surface area contributed by atoms with Crippen LogP contribution in [0.2, 0.25) is 5.02 Å². The number of para-hydroxylation sites is 2. The Kier molecular flexibility index (Phi) is 5.60. The predicted octanol–water partition coefficient (Wildman–Crippen LogP) is 5.93. The van der Waals surface area contributed by atoms with Crippen molar-refractivity contribution < 1.29 is 9.53 Å². The summed E-state index contributed by atoms with van der Waals surface area (Å²) in [6.07, 6.45) is 2.18. The quantitative estimate of drug-likeness (QED) is 0.413. The number of ether oxygens (including phenoxy) is 1. The van der Waals surface area contributed by atoms with Crippen LogP contribution in [-0.4, -0.2) is 29.0 Å². The number of benzene rings is 3. The van der Waals surface area contributed by atoms with Gasteiger partial charge in [-0.1, -0.05) is 23.7 Å². The van der Waals surface area contributed by atoms with E-state index in [0.717, 1.165) is 31.4 Å². The molecule has 0 aliphatic carbocycles. The van der Waals surface area contributed by atoms with E-state index in [-0.39, 0.29) is 5.91 Å². The predicted molar refractivity (Wildman–Crippen MR) is 127 cm³/mol. The third-order valence-corrected chi connectivity index (χ3v) is 5.59. The smallest absolute Gasteiger partial charge is 0.278 e. The van der Waals surface area contributed by atoms with Crippen LogP contribution in [-0.2, 0) is 0 Å². The van der Waals surface area contributed by atoms with Crippen molar-refractivity contribution in [1.82, 2.24) is 9.97 Å². The normalized spacial score (nSPS) is 13.3. The van der Waals surface area contributed by atoms with Gasteiger partial charge in [-0.2, -0.15) is 0 Å². The molecular formula is C25H21ClN4O2. The van der Waals surface area contributed by atoms with Crippen LogP contribution in [0.25, 0.3) is 11.0 Å². The number of amides is 1. The molecule has 1 amide bonds. The van der Waals surface area contributed by atoms with Gasteiger partial charge in [0, 0.05) is 23.8 Å². The van der Waals surface area contributed by atoms with Crippen molar-refractivity contribution in [3.05, 3.63) is 83.5 Å². The van der Waals surface area contributed by atoms with Crippen molar-refractivity contribution in [2.75, 3.05) is 23.3 Å². The topological polar surface area (TPSA) is 67.3 Å². The van der Waals surface area contributed by atoms with E-state index in [1.54, 1.807) is 48.5 Å². The molecule has 3 aromatic carbocycles. The van der Waals surface area contributed by atoms with Gasteiger partial charge in [-0.25, -0.2) is 9.97 Å². The number of nitrogens with one attached hydrogen (secondary N) is 1. The lowest BCUT2D eigenvalue weighted by Gasteiger charge is -2.19. The first-order valence-electron chi connectivity index (χ1n) is 10.5. The molecular weight excluding hydrogens is 424 g/mol. The van der Waals surface area contributed by atoms with E-state index in [1.807, 2.05) is 24.3 Å². The molecule has 1 N–H and O–H groups in total. The van der Waals surface area contributed by atoms with Crippen molar-refractivity contribution in [3.8, 4) is 11.5 Å². The molecule has 160 valence electrons. The number of carbonyl (C=O) groups excluding carboxylic acids is 1. The molecule has 0 unspecified atom stereocenters. The summed E-state index contributed by atoms with van der Waals surface area (Å²) < 4.78 is 5.81. The Hall–Kier alpha value is -3.64. The molecule has 0 saturated carbocycles. The zero-order valence-corrected chi connectivity index (χ0v) is 18.0. The van der Waals surface area contributed by atoms with E-state index in [9.17, 15) is 4.79 Å². The van der Waals surface area contributed by atoms with E-state index < -0.39 is 0 Å². The molecule has 1 saturated heterocycles. The minimum atomic E-state index is -0.281. The minimum absolute atomic E-state index is 0.281. The Bertz CT molecular complexity index is 1250. The Morgan fingerprint density at radius 3 is 2.09 bits per heavy atom. The highest BCUT2D eigenvalue weighted by Crippen LogP contribution is 2.27. The van der Waals surface area contributed by atoms with E-state index in [0.29, 0.717) is 39.2 Å². The number of aromatic nitrogens is 2. The Morgan fingerprint density at radius 2 is 1.44 bits per heavy atom. The van der Waals surface area contributed by atoms with E-state index in [1.165, 1.54) is 0 Å². The molecule has 6 nitrogen and oxygen atoms in total. The maximum absolute atomic E-state index is 13.2. The molecule has 2 heterocycles. The van der Waals surface area contributed by atoms with Crippen LogP contribution in [0.4, 0.5) is 11.5 Å². The second kappa shape index (κ2) is 8.85. The Balaban J connectivity index is 1.37. The first-order valence-corrected chi connectivity index (χ1v) is 10.9. The van der Waals surface area contributed by atoms with Crippen LogP contribution in [0.1, 0.15) is 23.3 Å². The van der Waals surface area contributed by atoms with Gasteiger partial charge in [-0.15, -0.1) is 0 Å². The highest BCUT2D eigenvalue weighted by molar-refractivity contribution is 6.30. The summed E-state index contributed by atoms with van der Waals surface area (Å²) in [5.74, 6) is 1.71. The molecule has 7 heteroatoms. The fraction of sp³-hybridized carbons (Fsp3) is 0.160. The Morgan fingerprint density at radius 1 is 0.844 bits per heavy atom. The lowest BCUT2D eigenvalue weighted by molar-refractivity contribution is 0.102. The van der Waals surface area contributed by atoms with Crippen LogP contribution in [0.5, 0.6) is 11.5 Å². The summed E-state index contributed by atoms with van der Waals surface area (Å²) in [6, 6.07) is 22.0. The first kappa shape index (κ1) is 20.3. The van der Waals surface area contributed by atoms with Gasteiger partial charge in [0.2, 0.25) is 0 Å². The number of nitrogens with zero attached hydrogens (tertiary/aromatic N) is 3. The first-order chi connectivity index (χ1) is 15.7. The second-order valence-corrected chi connectivity index (χ2v) is 8.05. The maximum Gasteiger partial charge on any atom is 0.278 e. The lowest BCUT2D eigenvalue weighted by Crippen LogP contribution is -2.25. The van der Waals surface area contributed by atoms with Crippen LogP contribution in [0.3, 0.4) is 0 Å². The molecule has 0 bridgehead atoms. The summed E-state index contributed by atoms with van der Waals surface area (Å²) in [4.78, 5) is 24.7. The summed E-state index contributed by atoms with van der Waals surface area (Å²) in [5.41, 5.74) is 2.48. The SMILES string of the molecule is O=C(Nc1ccc(Oc2ccc(Cl)cc2)cc1)c1nc2ccccc2nc1N1CCCC1. The summed E-state index contributed by atoms with van der Waals surface area (Å²) >= 11 is 5.91. The molecule has 5 rings (SSSR count). The minimum Gasteiger partial charge on any atom is -0.457 e. The molecule has 0 radical (unpaired) electrons. The number of halogens is 1.